The molecule has 0 aromatic rings. The van der Waals surface area contributed by atoms with Crippen LogP contribution in [0.5, 0.6) is 0 Å². The minimum absolute atomic E-state index is 0.137. The molecule has 4 amide bonds. The quantitative estimate of drug-likeness (QED) is 0.679. The summed E-state index contributed by atoms with van der Waals surface area (Å²) in [6, 6.07) is 0. The van der Waals surface area contributed by atoms with Crippen LogP contribution in [0.1, 0.15) is 26.7 Å². The average Bonchev–Trinajstić information content (AvgIpc) is 2.84. The third-order valence-corrected chi connectivity index (χ3v) is 3.75. The van der Waals surface area contributed by atoms with Gasteiger partial charge in [0.05, 0.1) is 0 Å². The molecule has 0 spiro atoms. The highest BCUT2D eigenvalue weighted by Gasteiger charge is 2.39. The van der Waals surface area contributed by atoms with Gasteiger partial charge >= 0.3 is 0 Å². The first kappa shape index (κ1) is 14.4. The monoisotopic (exact) mass is 278 g/mol. The summed E-state index contributed by atoms with van der Waals surface area (Å²) < 4.78 is 0. The highest BCUT2D eigenvalue weighted by atomic mass is 16.2. The van der Waals surface area contributed by atoms with Crippen LogP contribution < -0.4 is 0 Å². The second-order valence-electron chi connectivity index (χ2n) is 5.45. The number of amides is 4. The summed E-state index contributed by atoms with van der Waals surface area (Å²) in [5, 5.41) is 0. The van der Waals surface area contributed by atoms with Crippen LogP contribution in [0.25, 0.3) is 0 Å². The fraction of sp³-hybridized carbons (Fsp3) is 0.571. The van der Waals surface area contributed by atoms with E-state index in [0.29, 0.717) is 6.42 Å². The van der Waals surface area contributed by atoms with Gasteiger partial charge in [-0.3, -0.25) is 29.0 Å². The standard InChI is InChI=1S/C14H18N2O4/c1-9(2)10-8-13(19)16(14(10)20)7-3-6-15-11(17)4-5-12(15)18/h4-5,9-10H,3,6-8H2,1-2H3. The van der Waals surface area contributed by atoms with Crippen molar-refractivity contribution >= 4 is 23.6 Å². The average molecular weight is 278 g/mol. The second-order valence-corrected chi connectivity index (χ2v) is 5.45. The summed E-state index contributed by atoms with van der Waals surface area (Å²) in [6.45, 7) is 4.34. The predicted octanol–water partition coefficient (Wildman–Crippen LogP) is 0.333. The maximum Gasteiger partial charge on any atom is 0.253 e. The Labute approximate surface area is 117 Å². The molecule has 6 heteroatoms. The molecule has 108 valence electrons. The zero-order valence-electron chi connectivity index (χ0n) is 11.7. The van der Waals surface area contributed by atoms with E-state index in [1.165, 1.54) is 17.1 Å². The Morgan fingerprint density at radius 1 is 1.05 bits per heavy atom. The molecule has 1 unspecified atom stereocenters. The molecule has 1 atom stereocenters. The molecule has 1 fully saturated rings. The molecule has 2 aliphatic rings. The van der Waals surface area contributed by atoms with E-state index in [-0.39, 0.29) is 55.0 Å². The number of hydrogen-bond acceptors (Lipinski definition) is 4. The first-order valence-electron chi connectivity index (χ1n) is 6.79. The zero-order valence-corrected chi connectivity index (χ0v) is 11.7. The molecule has 0 aromatic carbocycles. The van der Waals surface area contributed by atoms with E-state index in [1.807, 2.05) is 13.8 Å². The summed E-state index contributed by atoms with van der Waals surface area (Å²) >= 11 is 0. The number of nitrogens with zero attached hydrogens (tertiary/aromatic N) is 2. The molecule has 0 aliphatic carbocycles. The molecule has 0 radical (unpaired) electrons. The van der Waals surface area contributed by atoms with Crippen LogP contribution in [-0.2, 0) is 19.2 Å². The molecule has 2 aliphatic heterocycles. The molecular weight excluding hydrogens is 260 g/mol. The van der Waals surface area contributed by atoms with E-state index in [4.69, 9.17) is 0 Å². The van der Waals surface area contributed by atoms with E-state index in [2.05, 4.69) is 0 Å². The molecule has 0 aromatic heterocycles. The lowest BCUT2D eigenvalue weighted by molar-refractivity contribution is -0.139. The summed E-state index contributed by atoms with van der Waals surface area (Å²) in [5.74, 6) is -1.07. The van der Waals surface area contributed by atoms with Gasteiger partial charge in [-0.1, -0.05) is 13.8 Å². The van der Waals surface area contributed by atoms with E-state index in [9.17, 15) is 19.2 Å². The summed E-state index contributed by atoms with van der Waals surface area (Å²) in [6.07, 6.45) is 3.13. The van der Waals surface area contributed by atoms with Crippen molar-refractivity contribution in [1.29, 1.82) is 0 Å². The number of likely N-dealkylation sites (tertiary alicyclic amines) is 1. The fourth-order valence-corrected chi connectivity index (χ4v) is 2.50. The predicted molar refractivity (Wildman–Crippen MR) is 70.1 cm³/mol. The molecule has 1 saturated heterocycles. The van der Waals surface area contributed by atoms with Crippen molar-refractivity contribution in [2.45, 2.75) is 26.7 Å². The molecule has 0 bridgehead atoms. The number of carbonyl (C=O) groups is 4. The summed E-state index contributed by atoms with van der Waals surface area (Å²) in [5.41, 5.74) is 0. The van der Waals surface area contributed by atoms with Gasteiger partial charge in [-0.15, -0.1) is 0 Å². The van der Waals surface area contributed by atoms with Crippen LogP contribution in [0.2, 0.25) is 0 Å². The molecule has 20 heavy (non-hydrogen) atoms. The minimum atomic E-state index is -0.339. The van der Waals surface area contributed by atoms with Crippen LogP contribution in [0.4, 0.5) is 0 Å². The molecule has 6 nitrogen and oxygen atoms in total. The maximum atomic E-state index is 12.1. The lowest BCUT2D eigenvalue weighted by Gasteiger charge is -2.18. The smallest absolute Gasteiger partial charge is 0.253 e. The second kappa shape index (κ2) is 5.56. The van der Waals surface area contributed by atoms with Crippen molar-refractivity contribution in [3.63, 3.8) is 0 Å². The molecule has 0 N–H and O–H groups in total. The Bertz CT molecular complexity index is 477. The van der Waals surface area contributed by atoms with Gasteiger partial charge in [-0.05, 0) is 12.3 Å². The van der Waals surface area contributed by atoms with Crippen molar-refractivity contribution in [3.05, 3.63) is 12.2 Å². The van der Waals surface area contributed by atoms with Gasteiger partial charge in [0.1, 0.15) is 0 Å². The van der Waals surface area contributed by atoms with Crippen molar-refractivity contribution in [1.82, 2.24) is 9.80 Å². The Hall–Kier alpha value is -1.98. The number of hydrogen-bond donors (Lipinski definition) is 0. The van der Waals surface area contributed by atoms with Crippen LogP contribution in [0, 0.1) is 11.8 Å². The normalized spacial score (nSPS) is 22.9. The van der Waals surface area contributed by atoms with Crippen LogP contribution in [0.15, 0.2) is 12.2 Å². The Morgan fingerprint density at radius 3 is 2.10 bits per heavy atom. The van der Waals surface area contributed by atoms with Gasteiger partial charge in [0, 0.05) is 37.6 Å². The van der Waals surface area contributed by atoms with Crippen molar-refractivity contribution < 1.29 is 19.2 Å². The van der Waals surface area contributed by atoms with Gasteiger partial charge in [-0.2, -0.15) is 0 Å². The first-order chi connectivity index (χ1) is 9.41. The Kier molecular flexibility index (Phi) is 4.01. The van der Waals surface area contributed by atoms with Crippen molar-refractivity contribution in [2.24, 2.45) is 11.8 Å². The van der Waals surface area contributed by atoms with E-state index >= 15 is 0 Å². The third kappa shape index (κ3) is 2.64. The first-order valence-corrected chi connectivity index (χ1v) is 6.79. The van der Waals surface area contributed by atoms with Crippen LogP contribution >= 0.6 is 0 Å². The number of imide groups is 2. The van der Waals surface area contributed by atoms with Crippen LogP contribution in [0.3, 0.4) is 0 Å². The van der Waals surface area contributed by atoms with E-state index in [0.717, 1.165) is 4.90 Å². The largest absolute Gasteiger partial charge is 0.282 e. The fourth-order valence-electron chi connectivity index (χ4n) is 2.50. The maximum absolute atomic E-state index is 12.1. The van der Waals surface area contributed by atoms with Gasteiger partial charge < -0.3 is 0 Å². The van der Waals surface area contributed by atoms with Crippen molar-refractivity contribution in [3.8, 4) is 0 Å². The molecule has 0 saturated carbocycles. The van der Waals surface area contributed by atoms with Gasteiger partial charge in [0.2, 0.25) is 11.8 Å². The van der Waals surface area contributed by atoms with Crippen LogP contribution in [-0.4, -0.2) is 46.5 Å². The van der Waals surface area contributed by atoms with E-state index in [1.54, 1.807) is 0 Å². The molecule has 2 heterocycles. The Morgan fingerprint density at radius 2 is 1.60 bits per heavy atom. The van der Waals surface area contributed by atoms with Gasteiger partial charge in [0.25, 0.3) is 11.8 Å². The molecular formula is C14H18N2O4. The SMILES string of the molecule is CC(C)C1CC(=O)N(CCCN2C(=O)C=CC2=O)C1=O. The zero-order chi connectivity index (χ0) is 14.9. The molecule has 2 rings (SSSR count). The highest BCUT2D eigenvalue weighted by Crippen LogP contribution is 2.26. The topological polar surface area (TPSA) is 74.8 Å². The van der Waals surface area contributed by atoms with Crippen molar-refractivity contribution in [2.75, 3.05) is 13.1 Å². The van der Waals surface area contributed by atoms with E-state index < -0.39 is 0 Å². The minimum Gasteiger partial charge on any atom is -0.282 e. The van der Waals surface area contributed by atoms with Gasteiger partial charge in [0.15, 0.2) is 0 Å². The highest BCUT2D eigenvalue weighted by molar-refractivity contribution is 6.12. The summed E-state index contributed by atoms with van der Waals surface area (Å²) in [7, 11) is 0. The Balaban J connectivity index is 1.86. The number of rotatable bonds is 5. The third-order valence-electron chi connectivity index (χ3n) is 3.75. The lowest BCUT2D eigenvalue weighted by atomic mass is 9.94. The lowest BCUT2D eigenvalue weighted by Crippen LogP contribution is -2.36. The summed E-state index contributed by atoms with van der Waals surface area (Å²) in [4.78, 5) is 48.9. The number of carbonyl (C=O) groups excluding carboxylic acids is 4. The van der Waals surface area contributed by atoms with Gasteiger partial charge in [-0.25, -0.2) is 0 Å².